The van der Waals surface area contributed by atoms with E-state index in [0.717, 1.165) is 47.8 Å². The van der Waals surface area contributed by atoms with Crippen LogP contribution in [0.2, 0.25) is 0 Å². The van der Waals surface area contributed by atoms with Crippen LogP contribution in [0, 0.1) is 0 Å². The molecule has 0 aromatic heterocycles. The van der Waals surface area contributed by atoms with Gasteiger partial charge in [-0.25, -0.2) is 0 Å². The lowest BCUT2D eigenvalue weighted by atomic mass is 9.95. The van der Waals surface area contributed by atoms with Gasteiger partial charge in [0.05, 0.1) is 7.11 Å². The summed E-state index contributed by atoms with van der Waals surface area (Å²) in [6.45, 7) is 1.95. The second-order valence-electron chi connectivity index (χ2n) is 9.16. The lowest BCUT2D eigenvalue weighted by Gasteiger charge is -2.31. The number of nitrogens with zero attached hydrogens (tertiary/aromatic N) is 1. The molecule has 0 radical (unpaired) electrons. The second-order valence-corrected chi connectivity index (χ2v) is 9.16. The zero-order valence-electron chi connectivity index (χ0n) is 20.5. The average Bonchev–Trinajstić information content (AvgIpc) is 2.90. The van der Waals surface area contributed by atoms with Gasteiger partial charge in [0.25, 0.3) is 5.91 Å². The molecule has 6 nitrogen and oxygen atoms in total. The summed E-state index contributed by atoms with van der Waals surface area (Å²) in [5.74, 6) is 1.04. The number of hydrogen-bond acceptors (Lipinski definition) is 4. The van der Waals surface area contributed by atoms with Gasteiger partial charge >= 0.3 is 0 Å². The Labute approximate surface area is 207 Å². The van der Waals surface area contributed by atoms with Crippen molar-refractivity contribution in [2.45, 2.75) is 57.7 Å². The van der Waals surface area contributed by atoms with Crippen LogP contribution in [0.4, 0.5) is 0 Å². The van der Waals surface area contributed by atoms with E-state index in [0.29, 0.717) is 12.3 Å². The van der Waals surface area contributed by atoms with Crippen LogP contribution in [-0.2, 0) is 16.1 Å². The number of amides is 2. The first kappa shape index (κ1) is 24.6. The molecule has 1 aliphatic carbocycles. The molecule has 3 aromatic rings. The van der Waals surface area contributed by atoms with Gasteiger partial charge in [-0.3, -0.25) is 9.59 Å². The Morgan fingerprint density at radius 3 is 2.43 bits per heavy atom. The largest absolute Gasteiger partial charge is 0.497 e. The maximum Gasteiger partial charge on any atom is 0.261 e. The summed E-state index contributed by atoms with van der Waals surface area (Å²) in [6, 6.07) is 20.8. The number of nitrogens with one attached hydrogen (secondary N) is 1. The summed E-state index contributed by atoms with van der Waals surface area (Å²) in [4.78, 5) is 28.1. The highest BCUT2D eigenvalue weighted by Gasteiger charge is 2.28. The average molecular weight is 475 g/mol. The number of fused-ring (bicyclic) bond motifs is 1. The Balaban J connectivity index is 1.49. The second kappa shape index (κ2) is 11.7. The highest BCUT2D eigenvalue weighted by molar-refractivity contribution is 5.90. The number of ether oxygens (including phenoxy) is 2. The predicted molar refractivity (Wildman–Crippen MR) is 137 cm³/mol. The van der Waals surface area contributed by atoms with Crippen molar-refractivity contribution in [3.05, 3.63) is 72.3 Å². The standard InChI is InChI=1S/C29H34N2O4/c1-21(29(33)30-24-11-4-3-5-12-24)31(19-22-15-17-25(34-2)18-16-22)28(32)20-35-27-14-8-10-23-9-6-7-13-26(23)27/h6-10,13-18,21,24H,3-5,11-12,19-20H2,1-2H3,(H,30,33)/t21-/m1/s1. The molecule has 0 spiro atoms. The molecule has 1 fully saturated rings. The summed E-state index contributed by atoms with van der Waals surface area (Å²) >= 11 is 0. The zero-order valence-corrected chi connectivity index (χ0v) is 20.5. The highest BCUT2D eigenvalue weighted by atomic mass is 16.5. The minimum absolute atomic E-state index is 0.121. The Morgan fingerprint density at radius 2 is 1.69 bits per heavy atom. The molecule has 35 heavy (non-hydrogen) atoms. The van der Waals surface area contributed by atoms with E-state index in [1.165, 1.54) is 6.42 Å². The van der Waals surface area contributed by atoms with Gasteiger partial charge in [-0.15, -0.1) is 0 Å². The molecule has 2 amide bonds. The van der Waals surface area contributed by atoms with Gasteiger partial charge in [0.15, 0.2) is 6.61 Å². The normalized spacial score (nSPS) is 14.8. The first-order valence-electron chi connectivity index (χ1n) is 12.4. The molecule has 3 aromatic carbocycles. The summed E-state index contributed by atoms with van der Waals surface area (Å²) in [6.07, 6.45) is 5.47. The predicted octanol–water partition coefficient (Wildman–Crippen LogP) is 5.09. The quantitative estimate of drug-likeness (QED) is 0.469. The van der Waals surface area contributed by atoms with E-state index in [1.54, 1.807) is 18.9 Å². The highest BCUT2D eigenvalue weighted by Crippen LogP contribution is 2.25. The molecule has 0 saturated heterocycles. The van der Waals surface area contributed by atoms with Crippen LogP contribution in [0.25, 0.3) is 10.8 Å². The molecule has 1 N–H and O–H groups in total. The van der Waals surface area contributed by atoms with E-state index in [9.17, 15) is 9.59 Å². The minimum Gasteiger partial charge on any atom is -0.497 e. The van der Waals surface area contributed by atoms with Crippen molar-refractivity contribution in [1.82, 2.24) is 10.2 Å². The Kier molecular flexibility index (Phi) is 8.24. The van der Waals surface area contributed by atoms with Crippen molar-refractivity contribution in [3.63, 3.8) is 0 Å². The number of carbonyl (C=O) groups is 2. The molecule has 1 saturated carbocycles. The fourth-order valence-electron chi connectivity index (χ4n) is 4.62. The van der Waals surface area contributed by atoms with Crippen molar-refractivity contribution in [3.8, 4) is 11.5 Å². The molecular weight excluding hydrogens is 440 g/mol. The number of hydrogen-bond donors (Lipinski definition) is 1. The molecule has 184 valence electrons. The number of benzene rings is 3. The molecule has 1 aliphatic rings. The van der Waals surface area contributed by atoms with E-state index >= 15 is 0 Å². The van der Waals surface area contributed by atoms with E-state index in [4.69, 9.17) is 9.47 Å². The molecule has 0 bridgehead atoms. The van der Waals surface area contributed by atoms with Gasteiger partial charge in [0, 0.05) is 18.0 Å². The monoisotopic (exact) mass is 474 g/mol. The van der Waals surface area contributed by atoms with E-state index in [1.807, 2.05) is 66.7 Å². The Morgan fingerprint density at radius 1 is 0.971 bits per heavy atom. The van der Waals surface area contributed by atoms with Gasteiger partial charge in [-0.05, 0) is 48.9 Å². The van der Waals surface area contributed by atoms with Crippen molar-refractivity contribution >= 4 is 22.6 Å². The third-order valence-electron chi connectivity index (χ3n) is 6.73. The van der Waals surface area contributed by atoms with Crippen molar-refractivity contribution < 1.29 is 19.1 Å². The van der Waals surface area contributed by atoms with Crippen molar-refractivity contribution in [2.24, 2.45) is 0 Å². The number of methoxy groups -OCH3 is 1. The summed E-state index contributed by atoms with van der Waals surface area (Å²) < 4.78 is 11.2. The van der Waals surface area contributed by atoms with Gasteiger partial charge in [0.1, 0.15) is 17.5 Å². The van der Waals surface area contributed by atoms with Crippen LogP contribution in [0.3, 0.4) is 0 Å². The molecule has 0 unspecified atom stereocenters. The lowest BCUT2D eigenvalue weighted by molar-refractivity contribution is -0.142. The van der Waals surface area contributed by atoms with Crippen LogP contribution in [-0.4, -0.2) is 42.5 Å². The van der Waals surface area contributed by atoms with Crippen molar-refractivity contribution in [2.75, 3.05) is 13.7 Å². The van der Waals surface area contributed by atoms with Gasteiger partial charge < -0.3 is 19.7 Å². The topological polar surface area (TPSA) is 67.9 Å². The molecule has 0 heterocycles. The third kappa shape index (κ3) is 6.32. The van der Waals surface area contributed by atoms with Crippen LogP contribution >= 0.6 is 0 Å². The maximum absolute atomic E-state index is 13.4. The molecule has 6 heteroatoms. The van der Waals surface area contributed by atoms with Crippen LogP contribution in [0.15, 0.2) is 66.7 Å². The minimum atomic E-state index is -0.623. The first-order chi connectivity index (χ1) is 17.0. The first-order valence-corrected chi connectivity index (χ1v) is 12.4. The summed E-state index contributed by atoms with van der Waals surface area (Å²) in [5, 5.41) is 5.16. The molecule has 1 atom stereocenters. The summed E-state index contributed by atoms with van der Waals surface area (Å²) in [7, 11) is 1.62. The fourth-order valence-corrected chi connectivity index (χ4v) is 4.62. The van der Waals surface area contributed by atoms with E-state index in [-0.39, 0.29) is 24.5 Å². The smallest absolute Gasteiger partial charge is 0.261 e. The SMILES string of the molecule is COc1ccc(CN(C(=O)COc2cccc3ccccc23)[C@H](C)C(=O)NC2CCCCC2)cc1. The number of carbonyl (C=O) groups excluding carboxylic acids is 2. The van der Waals surface area contributed by atoms with E-state index in [2.05, 4.69) is 5.32 Å². The van der Waals surface area contributed by atoms with Gasteiger partial charge in [-0.1, -0.05) is 67.8 Å². The van der Waals surface area contributed by atoms with Gasteiger partial charge in [0.2, 0.25) is 5.91 Å². The molecule has 0 aliphatic heterocycles. The third-order valence-corrected chi connectivity index (χ3v) is 6.73. The Hall–Kier alpha value is -3.54. The maximum atomic E-state index is 13.4. The van der Waals surface area contributed by atoms with Crippen LogP contribution < -0.4 is 14.8 Å². The lowest BCUT2D eigenvalue weighted by Crippen LogP contribution is -2.51. The summed E-state index contributed by atoms with van der Waals surface area (Å²) in [5.41, 5.74) is 0.918. The molecular formula is C29H34N2O4. The van der Waals surface area contributed by atoms with Crippen LogP contribution in [0.1, 0.15) is 44.6 Å². The Bertz CT molecular complexity index is 1130. The zero-order chi connectivity index (χ0) is 24.6. The van der Waals surface area contributed by atoms with Gasteiger partial charge in [-0.2, -0.15) is 0 Å². The van der Waals surface area contributed by atoms with Crippen LogP contribution in [0.5, 0.6) is 11.5 Å². The fraction of sp³-hybridized carbons (Fsp3) is 0.379. The number of rotatable bonds is 9. The van der Waals surface area contributed by atoms with Crippen molar-refractivity contribution in [1.29, 1.82) is 0 Å². The molecule has 4 rings (SSSR count). The van der Waals surface area contributed by atoms with E-state index < -0.39 is 6.04 Å².